The SMILES string of the molecule is CC(CCC(OC1OC(COC2OC(CO)C(O)C(O)C2O)C(O)C(O)C1OC1OC(CO)C(O)C(O)C1O)C(C)(C)O)C1CCC2(C)C3CC=C4C(CCC(O)C4(C)C)C3(C)CCC12C. The molecule has 12 N–H and O–H groups in total. The van der Waals surface area contributed by atoms with Crippen LogP contribution in [0, 0.1) is 45.3 Å². The Bertz CT molecular complexity index is 1670. The van der Waals surface area contributed by atoms with Gasteiger partial charge in [-0.05, 0) is 112 Å². The molecule has 3 saturated carbocycles. The third-order valence-corrected chi connectivity index (χ3v) is 18.6. The zero-order valence-corrected chi connectivity index (χ0v) is 40.0. The van der Waals surface area contributed by atoms with E-state index in [-0.39, 0.29) is 33.7 Å². The molecule has 24 unspecified atom stereocenters. The minimum Gasteiger partial charge on any atom is -0.394 e. The lowest BCUT2D eigenvalue weighted by molar-refractivity contribution is -0.380. The summed E-state index contributed by atoms with van der Waals surface area (Å²) in [4.78, 5) is 0. The summed E-state index contributed by atoms with van der Waals surface area (Å²) in [5, 5.41) is 128. The number of fused-ring (bicyclic) bond motifs is 5. The first-order valence-corrected chi connectivity index (χ1v) is 24.4. The monoisotopic (exact) mass is 947 g/mol. The van der Waals surface area contributed by atoms with Crippen LogP contribution in [0.1, 0.15) is 113 Å². The molecule has 4 aliphatic carbocycles. The molecule has 0 aromatic heterocycles. The van der Waals surface area contributed by atoms with Gasteiger partial charge in [-0.15, -0.1) is 0 Å². The normalized spacial score (nSPS) is 50.4. The van der Waals surface area contributed by atoms with E-state index in [0.29, 0.717) is 30.6 Å². The van der Waals surface area contributed by atoms with Crippen LogP contribution in [0.15, 0.2) is 11.6 Å². The molecule has 7 aliphatic rings. The van der Waals surface area contributed by atoms with E-state index >= 15 is 0 Å². The highest BCUT2D eigenvalue weighted by Gasteiger charge is 2.67. The van der Waals surface area contributed by atoms with Crippen molar-refractivity contribution in [2.24, 2.45) is 45.3 Å². The molecule has 0 radical (unpaired) electrons. The first-order valence-electron chi connectivity index (χ1n) is 24.4. The Kier molecular flexibility index (Phi) is 15.7. The van der Waals surface area contributed by atoms with Gasteiger partial charge >= 0.3 is 0 Å². The predicted octanol–water partition coefficient (Wildman–Crippen LogP) is -0.0268. The van der Waals surface area contributed by atoms with Crippen LogP contribution in [-0.4, -0.2) is 191 Å². The highest BCUT2D eigenvalue weighted by Crippen LogP contribution is 2.75. The van der Waals surface area contributed by atoms with Gasteiger partial charge in [0, 0.05) is 5.41 Å². The number of ether oxygens (including phenoxy) is 6. The van der Waals surface area contributed by atoms with Gasteiger partial charge in [-0.2, -0.15) is 0 Å². The van der Waals surface area contributed by atoms with Crippen molar-refractivity contribution < 1.29 is 89.7 Å². The Balaban J connectivity index is 1.09. The van der Waals surface area contributed by atoms with E-state index in [1.807, 2.05) is 0 Å². The maximum atomic E-state index is 11.7. The molecular formula is C48H82O18. The lowest BCUT2D eigenvalue weighted by Crippen LogP contribution is -2.65. The summed E-state index contributed by atoms with van der Waals surface area (Å²) in [5.41, 5.74) is -0.0410. The quantitative estimate of drug-likeness (QED) is 0.102. The Morgan fingerprint density at radius 2 is 1.24 bits per heavy atom. The fourth-order valence-corrected chi connectivity index (χ4v) is 14.0. The zero-order valence-electron chi connectivity index (χ0n) is 40.0. The fourth-order valence-electron chi connectivity index (χ4n) is 14.0. The summed E-state index contributed by atoms with van der Waals surface area (Å²) in [6.07, 6.45) is -15.6. The fraction of sp³-hybridized carbons (Fsp3) is 0.958. The maximum Gasteiger partial charge on any atom is 0.187 e. The van der Waals surface area contributed by atoms with Crippen molar-refractivity contribution >= 4 is 0 Å². The summed E-state index contributed by atoms with van der Waals surface area (Å²) in [6, 6.07) is 0. The first-order chi connectivity index (χ1) is 30.8. The van der Waals surface area contributed by atoms with Crippen LogP contribution in [0.4, 0.5) is 0 Å². The van der Waals surface area contributed by atoms with Gasteiger partial charge in [0.25, 0.3) is 0 Å². The topological polar surface area (TPSA) is 298 Å². The molecule has 0 bridgehead atoms. The van der Waals surface area contributed by atoms with Crippen LogP contribution < -0.4 is 0 Å². The Labute approximate surface area is 388 Å². The van der Waals surface area contributed by atoms with Crippen LogP contribution in [0.5, 0.6) is 0 Å². The van der Waals surface area contributed by atoms with Gasteiger partial charge in [0.2, 0.25) is 0 Å². The molecule has 0 spiro atoms. The van der Waals surface area contributed by atoms with Gasteiger partial charge in [-0.25, -0.2) is 0 Å². The first kappa shape index (κ1) is 52.8. The number of aliphatic hydroxyl groups excluding tert-OH is 11. The molecule has 7 rings (SSSR count). The number of hydrogen-bond donors (Lipinski definition) is 12. The van der Waals surface area contributed by atoms with Gasteiger partial charge < -0.3 is 89.7 Å². The van der Waals surface area contributed by atoms with Gasteiger partial charge in [0.05, 0.1) is 37.6 Å². The maximum absolute atomic E-state index is 11.7. The molecule has 6 fully saturated rings. The van der Waals surface area contributed by atoms with Crippen LogP contribution in [0.2, 0.25) is 0 Å². The van der Waals surface area contributed by atoms with E-state index in [4.69, 9.17) is 28.4 Å². The third kappa shape index (κ3) is 9.12. The van der Waals surface area contributed by atoms with Crippen LogP contribution in [-0.2, 0) is 28.4 Å². The second kappa shape index (κ2) is 19.6. The molecule has 0 aromatic rings. The molecule has 0 amide bonds. The highest BCUT2D eigenvalue weighted by molar-refractivity contribution is 5.30. The molecule has 24 atom stereocenters. The Hall–Kier alpha value is -0.980. The van der Waals surface area contributed by atoms with E-state index in [1.165, 1.54) is 5.57 Å². The highest BCUT2D eigenvalue weighted by atomic mass is 16.8. The molecule has 18 nitrogen and oxygen atoms in total. The number of hydrogen-bond acceptors (Lipinski definition) is 18. The molecule has 382 valence electrons. The van der Waals surface area contributed by atoms with Gasteiger partial charge in [0.1, 0.15) is 73.2 Å². The smallest absolute Gasteiger partial charge is 0.187 e. The zero-order chi connectivity index (χ0) is 48.6. The van der Waals surface area contributed by atoms with Crippen molar-refractivity contribution in [1.29, 1.82) is 0 Å². The minimum atomic E-state index is -1.88. The summed E-state index contributed by atoms with van der Waals surface area (Å²) >= 11 is 0. The summed E-state index contributed by atoms with van der Waals surface area (Å²) in [5.74, 6) is 1.52. The Morgan fingerprint density at radius 3 is 1.85 bits per heavy atom. The largest absolute Gasteiger partial charge is 0.394 e. The lowest BCUT2D eigenvalue weighted by atomic mass is 9.39. The molecular weight excluding hydrogens is 865 g/mol. The number of allylic oxidation sites excluding steroid dienone is 1. The standard InChI is InChI=1S/C48H82O18/c1-22(23-15-16-48(8)29-12-10-24-25(11-13-30(51)44(24,2)3)46(29,6)17-18-47(23,48)7)9-14-31(45(4,5)60)65-43-40(66-42-39(59)36(56)33(53)27(20-50)63-42)37(57)34(54)28(64-43)21-61-41-38(58)35(55)32(52)26(19-49)62-41/h10,22-23,25-43,49-60H,9,11-21H2,1-8H3. The average molecular weight is 947 g/mol. The van der Waals surface area contributed by atoms with E-state index in [9.17, 15) is 61.3 Å². The van der Waals surface area contributed by atoms with Crippen molar-refractivity contribution in [2.45, 2.75) is 223 Å². The molecule has 3 heterocycles. The molecule has 66 heavy (non-hydrogen) atoms. The van der Waals surface area contributed by atoms with E-state index in [2.05, 4.69) is 47.6 Å². The van der Waals surface area contributed by atoms with Gasteiger partial charge in [0.15, 0.2) is 18.9 Å². The van der Waals surface area contributed by atoms with Crippen molar-refractivity contribution in [2.75, 3.05) is 19.8 Å². The van der Waals surface area contributed by atoms with Crippen molar-refractivity contribution in [3.63, 3.8) is 0 Å². The van der Waals surface area contributed by atoms with Crippen molar-refractivity contribution in [3.8, 4) is 0 Å². The average Bonchev–Trinajstić information content (AvgIpc) is 3.54. The molecule has 3 saturated heterocycles. The second-order valence-electron chi connectivity index (χ2n) is 23.0. The lowest BCUT2D eigenvalue weighted by Gasteiger charge is -2.66. The summed E-state index contributed by atoms with van der Waals surface area (Å²) < 4.78 is 35.5. The van der Waals surface area contributed by atoms with Crippen LogP contribution in [0.3, 0.4) is 0 Å². The van der Waals surface area contributed by atoms with Gasteiger partial charge in [-0.3, -0.25) is 0 Å². The minimum absolute atomic E-state index is 0.0436. The van der Waals surface area contributed by atoms with Crippen molar-refractivity contribution in [3.05, 3.63) is 11.6 Å². The van der Waals surface area contributed by atoms with Crippen LogP contribution in [0.25, 0.3) is 0 Å². The molecule has 18 heteroatoms. The number of rotatable bonds is 14. The number of aliphatic hydroxyl groups is 12. The molecule has 0 aromatic carbocycles. The predicted molar refractivity (Wildman–Crippen MR) is 234 cm³/mol. The van der Waals surface area contributed by atoms with E-state index < -0.39 is 124 Å². The summed E-state index contributed by atoms with van der Waals surface area (Å²) in [7, 11) is 0. The summed E-state index contributed by atoms with van der Waals surface area (Å²) in [6.45, 7) is 15.3. The Morgan fingerprint density at radius 1 is 0.667 bits per heavy atom. The van der Waals surface area contributed by atoms with Crippen molar-refractivity contribution in [1.82, 2.24) is 0 Å². The third-order valence-electron chi connectivity index (χ3n) is 18.6. The van der Waals surface area contributed by atoms with Gasteiger partial charge in [-0.1, -0.05) is 53.2 Å². The van der Waals surface area contributed by atoms with E-state index in [0.717, 1.165) is 44.9 Å². The molecule has 3 aliphatic heterocycles. The van der Waals surface area contributed by atoms with E-state index in [1.54, 1.807) is 13.8 Å². The second-order valence-corrected chi connectivity index (χ2v) is 23.0. The van der Waals surface area contributed by atoms with Crippen LogP contribution >= 0.6 is 0 Å².